The summed E-state index contributed by atoms with van der Waals surface area (Å²) in [5, 5.41) is 3.17. The summed E-state index contributed by atoms with van der Waals surface area (Å²) in [5.41, 5.74) is 7.08. The fourth-order valence-electron chi connectivity index (χ4n) is 3.40. The van der Waals surface area contributed by atoms with Crippen molar-refractivity contribution in [3.05, 3.63) is 21.4 Å². The number of fused-ring (bicyclic) bond motifs is 1. The number of ether oxygens (including phenoxy) is 1. The van der Waals surface area contributed by atoms with Gasteiger partial charge in [0.2, 0.25) is 0 Å². The Hall–Kier alpha value is -0.620. The molecule has 6 heteroatoms. The highest BCUT2D eigenvalue weighted by molar-refractivity contribution is 7.14. The monoisotopic (exact) mass is 344 g/mol. The third kappa shape index (κ3) is 4.02. The minimum atomic E-state index is 0. The van der Waals surface area contributed by atoms with Crippen molar-refractivity contribution >= 4 is 29.7 Å². The van der Waals surface area contributed by atoms with Gasteiger partial charge in [-0.15, -0.1) is 23.7 Å². The highest BCUT2D eigenvalue weighted by atomic mass is 35.5. The summed E-state index contributed by atoms with van der Waals surface area (Å²) in [6.07, 6.45) is 7.16. The third-order valence-corrected chi connectivity index (χ3v) is 5.88. The van der Waals surface area contributed by atoms with Crippen LogP contribution in [0.5, 0.6) is 0 Å². The molecular formula is C16H25ClN2O2S. The minimum Gasteiger partial charge on any atom is -0.376 e. The lowest BCUT2D eigenvalue weighted by Crippen LogP contribution is -2.45. The van der Waals surface area contributed by atoms with Crippen molar-refractivity contribution in [1.82, 2.24) is 5.32 Å². The van der Waals surface area contributed by atoms with Gasteiger partial charge in [0.05, 0.1) is 18.1 Å². The number of halogens is 1. The van der Waals surface area contributed by atoms with Gasteiger partial charge in [-0.05, 0) is 30.4 Å². The first-order valence-electron chi connectivity index (χ1n) is 7.98. The molecule has 3 N–H and O–H groups in total. The van der Waals surface area contributed by atoms with Gasteiger partial charge < -0.3 is 15.8 Å². The van der Waals surface area contributed by atoms with Crippen molar-refractivity contribution < 1.29 is 9.53 Å². The Kier molecular flexibility index (Phi) is 6.68. The zero-order chi connectivity index (χ0) is 14.7. The van der Waals surface area contributed by atoms with E-state index < -0.39 is 0 Å². The van der Waals surface area contributed by atoms with Crippen molar-refractivity contribution in [1.29, 1.82) is 0 Å². The fraction of sp³-hybridized carbons (Fsp3) is 0.688. The van der Waals surface area contributed by atoms with Crippen molar-refractivity contribution in [2.75, 3.05) is 13.2 Å². The van der Waals surface area contributed by atoms with Crippen LogP contribution in [0.4, 0.5) is 0 Å². The van der Waals surface area contributed by atoms with Crippen LogP contribution in [0.15, 0.2) is 6.07 Å². The van der Waals surface area contributed by atoms with E-state index in [4.69, 9.17) is 10.5 Å². The summed E-state index contributed by atoms with van der Waals surface area (Å²) in [6, 6.07) is 2.11. The van der Waals surface area contributed by atoms with Gasteiger partial charge in [0.1, 0.15) is 0 Å². The first-order valence-corrected chi connectivity index (χ1v) is 8.80. The molecule has 4 nitrogen and oxygen atoms in total. The van der Waals surface area contributed by atoms with Gasteiger partial charge >= 0.3 is 0 Å². The van der Waals surface area contributed by atoms with Gasteiger partial charge in [0, 0.05) is 23.9 Å². The number of nitrogens with one attached hydrogen (secondary N) is 1. The molecule has 22 heavy (non-hydrogen) atoms. The van der Waals surface area contributed by atoms with E-state index in [0.717, 1.165) is 17.9 Å². The molecular weight excluding hydrogens is 320 g/mol. The molecule has 2 aliphatic rings. The Morgan fingerprint density at radius 3 is 2.86 bits per heavy atom. The topological polar surface area (TPSA) is 64.3 Å². The van der Waals surface area contributed by atoms with Crippen molar-refractivity contribution in [3.63, 3.8) is 0 Å². The molecule has 3 rings (SSSR count). The second-order valence-electron chi connectivity index (χ2n) is 6.08. The van der Waals surface area contributed by atoms with Crippen molar-refractivity contribution in [2.24, 2.45) is 11.7 Å². The van der Waals surface area contributed by atoms with Gasteiger partial charge in [0.25, 0.3) is 5.91 Å². The highest BCUT2D eigenvalue weighted by Gasteiger charge is 2.25. The molecule has 1 saturated carbocycles. The zero-order valence-electron chi connectivity index (χ0n) is 12.8. The molecule has 0 unspecified atom stereocenters. The number of hydrogen-bond acceptors (Lipinski definition) is 4. The molecule has 1 aliphatic carbocycles. The number of hydrogen-bond donors (Lipinski definition) is 2. The van der Waals surface area contributed by atoms with Gasteiger partial charge in [-0.25, -0.2) is 0 Å². The lowest BCUT2D eigenvalue weighted by Gasteiger charge is -2.29. The highest BCUT2D eigenvalue weighted by Crippen LogP contribution is 2.29. The quantitative estimate of drug-likeness (QED) is 0.882. The van der Waals surface area contributed by atoms with Gasteiger partial charge in [0.15, 0.2) is 0 Å². The summed E-state index contributed by atoms with van der Waals surface area (Å²) < 4.78 is 5.44. The first kappa shape index (κ1) is 17.7. The van der Waals surface area contributed by atoms with Crippen LogP contribution in [0.25, 0.3) is 0 Å². The van der Waals surface area contributed by atoms with E-state index in [1.807, 2.05) is 6.07 Å². The third-order valence-electron chi connectivity index (χ3n) is 4.64. The Morgan fingerprint density at radius 1 is 1.41 bits per heavy atom. The van der Waals surface area contributed by atoms with Crippen molar-refractivity contribution in [3.8, 4) is 0 Å². The molecule has 2 heterocycles. The summed E-state index contributed by atoms with van der Waals surface area (Å²) >= 11 is 1.61. The van der Waals surface area contributed by atoms with E-state index in [1.165, 1.54) is 42.5 Å². The smallest absolute Gasteiger partial charge is 0.261 e. The van der Waals surface area contributed by atoms with Crippen LogP contribution in [0.3, 0.4) is 0 Å². The molecule has 1 atom stereocenters. The van der Waals surface area contributed by atoms with E-state index in [-0.39, 0.29) is 24.4 Å². The molecule has 0 saturated heterocycles. The zero-order valence-corrected chi connectivity index (χ0v) is 14.4. The van der Waals surface area contributed by atoms with Crippen LogP contribution in [0, 0.1) is 5.92 Å². The largest absolute Gasteiger partial charge is 0.376 e. The maximum atomic E-state index is 12.5. The average molecular weight is 345 g/mol. The second kappa shape index (κ2) is 8.29. The molecule has 0 radical (unpaired) electrons. The Labute approximate surface area is 142 Å². The summed E-state index contributed by atoms with van der Waals surface area (Å²) in [6.45, 7) is 1.94. The van der Waals surface area contributed by atoms with E-state index in [0.29, 0.717) is 19.1 Å². The first-order chi connectivity index (χ1) is 10.3. The van der Waals surface area contributed by atoms with Gasteiger partial charge in [-0.2, -0.15) is 0 Å². The lowest BCUT2D eigenvalue weighted by molar-refractivity contribution is 0.0919. The molecule has 1 fully saturated rings. The molecule has 1 aliphatic heterocycles. The number of carbonyl (C=O) groups is 1. The van der Waals surface area contributed by atoms with Gasteiger partial charge in [-0.3, -0.25) is 4.79 Å². The number of amides is 1. The average Bonchev–Trinajstić information content (AvgIpc) is 2.97. The summed E-state index contributed by atoms with van der Waals surface area (Å²) in [4.78, 5) is 14.6. The predicted molar refractivity (Wildman–Crippen MR) is 91.8 cm³/mol. The van der Waals surface area contributed by atoms with Crippen LogP contribution < -0.4 is 11.1 Å². The van der Waals surface area contributed by atoms with Crippen LogP contribution >= 0.6 is 23.7 Å². The molecule has 1 amide bonds. The fourth-order valence-corrected chi connectivity index (χ4v) is 4.46. The minimum absolute atomic E-state index is 0. The molecule has 1 aromatic rings. The van der Waals surface area contributed by atoms with E-state index in [1.54, 1.807) is 11.3 Å². The standard InChI is InChI=1S/C16H24N2O2S.ClH/c17-9-13(11-4-2-1-3-5-11)18-16(19)15-8-12-10-20-7-6-14(12)21-15;/h8,11,13H,1-7,9-10,17H2,(H,18,19);1H/t13-;/m0./s1. The van der Waals surface area contributed by atoms with Crippen LogP contribution in [-0.4, -0.2) is 25.1 Å². The SMILES string of the molecule is Cl.NC[C@H](NC(=O)c1cc2c(s1)CCOC2)C1CCCCC1. The molecule has 124 valence electrons. The molecule has 0 aromatic carbocycles. The van der Waals surface area contributed by atoms with E-state index >= 15 is 0 Å². The Bertz CT molecular complexity index is 477. The van der Waals surface area contributed by atoms with Crippen LogP contribution in [0.1, 0.15) is 52.2 Å². The van der Waals surface area contributed by atoms with Crippen LogP contribution in [0.2, 0.25) is 0 Å². The molecule has 0 spiro atoms. The number of nitrogens with two attached hydrogens (primary N) is 1. The maximum Gasteiger partial charge on any atom is 0.261 e. The second-order valence-corrected chi connectivity index (χ2v) is 7.21. The maximum absolute atomic E-state index is 12.5. The number of carbonyl (C=O) groups excluding carboxylic acids is 1. The normalized spacial score (nSPS) is 19.9. The van der Waals surface area contributed by atoms with Crippen LogP contribution in [-0.2, 0) is 17.8 Å². The molecule has 0 bridgehead atoms. The Balaban J connectivity index is 0.00000176. The Morgan fingerprint density at radius 2 is 2.18 bits per heavy atom. The van der Waals surface area contributed by atoms with E-state index in [2.05, 4.69) is 5.32 Å². The predicted octanol–water partition coefficient (Wildman–Crippen LogP) is 2.88. The number of thiophene rings is 1. The van der Waals surface area contributed by atoms with Gasteiger partial charge in [-0.1, -0.05) is 19.3 Å². The molecule has 1 aromatic heterocycles. The summed E-state index contributed by atoms with van der Waals surface area (Å²) in [5.74, 6) is 0.584. The van der Waals surface area contributed by atoms with Crippen molar-refractivity contribution in [2.45, 2.75) is 51.2 Å². The lowest BCUT2D eigenvalue weighted by atomic mass is 9.84. The number of rotatable bonds is 4. The summed E-state index contributed by atoms with van der Waals surface area (Å²) in [7, 11) is 0. The van der Waals surface area contributed by atoms with E-state index in [9.17, 15) is 4.79 Å².